The molecule has 2 heterocycles. The largest absolute Gasteiger partial charge is 0.391 e. The molecule has 0 aliphatic carbocycles. The van der Waals surface area contributed by atoms with Gasteiger partial charge < -0.3 is 16.2 Å². The quantitative estimate of drug-likeness (QED) is 0.585. The molecule has 9 heteroatoms. The SMILES string of the molecule is C[C@@H](O)[C@H](NC(=O)c1nn(Cc2ccccc2F)c2ncccc12)C(N)=O. The topological polar surface area (TPSA) is 123 Å². The molecule has 0 unspecified atom stereocenters. The zero-order chi connectivity index (χ0) is 19.6. The number of benzene rings is 1. The molecule has 0 bridgehead atoms. The van der Waals surface area contributed by atoms with Gasteiger partial charge in [-0.15, -0.1) is 0 Å². The number of aliphatic hydroxyl groups is 1. The number of nitrogens with two attached hydrogens (primary N) is 1. The van der Waals surface area contributed by atoms with E-state index in [1.165, 1.54) is 23.9 Å². The van der Waals surface area contributed by atoms with Crippen molar-refractivity contribution in [1.29, 1.82) is 0 Å². The maximum atomic E-state index is 14.0. The van der Waals surface area contributed by atoms with E-state index >= 15 is 0 Å². The van der Waals surface area contributed by atoms with Crippen LogP contribution in [-0.2, 0) is 11.3 Å². The highest BCUT2D eigenvalue weighted by Gasteiger charge is 2.26. The van der Waals surface area contributed by atoms with E-state index < -0.39 is 29.8 Å². The molecule has 27 heavy (non-hydrogen) atoms. The van der Waals surface area contributed by atoms with Crippen LogP contribution in [0.2, 0.25) is 0 Å². The van der Waals surface area contributed by atoms with Gasteiger partial charge in [0.2, 0.25) is 5.91 Å². The predicted octanol–water partition coefficient (Wildman–Crippen LogP) is 0.583. The molecule has 0 aliphatic heterocycles. The summed E-state index contributed by atoms with van der Waals surface area (Å²) >= 11 is 0. The smallest absolute Gasteiger partial charge is 0.273 e. The first-order valence-corrected chi connectivity index (χ1v) is 8.21. The summed E-state index contributed by atoms with van der Waals surface area (Å²) in [5.74, 6) is -1.96. The average Bonchev–Trinajstić information content (AvgIpc) is 3.00. The van der Waals surface area contributed by atoms with Gasteiger partial charge in [0.05, 0.1) is 18.0 Å². The summed E-state index contributed by atoms with van der Waals surface area (Å²) in [6, 6.07) is 8.24. The number of hydrogen-bond donors (Lipinski definition) is 3. The minimum absolute atomic E-state index is 0.00124. The summed E-state index contributed by atoms with van der Waals surface area (Å²) < 4.78 is 15.4. The Bertz CT molecular complexity index is 1000. The summed E-state index contributed by atoms with van der Waals surface area (Å²) in [5.41, 5.74) is 5.98. The van der Waals surface area contributed by atoms with Gasteiger partial charge in [-0.2, -0.15) is 5.10 Å². The molecule has 2 aromatic heterocycles. The van der Waals surface area contributed by atoms with E-state index in [2.05, 4.69) is 15.4 Å². The van der Waals surface area contributed by atoms with Crippen molar-refractivity contribution in [3.05, 3.63) is 59.7 Å². The predicted molar refractivity (Wildman–Crippen MR) is 95.2 cm³/mol. The molecule has 2 amide bonds. The lowest BCUT2D eigenvalue weighted by Crippen LogP contribution is -2.50. The molecule has 0 spiro atoms. The first kappa shape index (κ1) is 18.5. The highest BCUT2D eigenvalue weighted by Crippen LogP contribution is 2.19. The van der Waals surface area contributed by atoms with Gasteiger partial charge in [0, 0.05) is 11.8 Å². The fourth-order valence-corrected chi connectivity index (χ4v) is 2.71. The number of carbonyl (C=O) groups is 2. The number of halogens is 1. The van der Waals surface area contributed by atoms with Crippen molar-refractivity contribution >= 4 is 22.8 Å². The Labute approximate surface area is 153 Å². The molecular formula is C18H18FN5O3. The number of nitrogens with zero attached hydrogens (tertiary/aromatic N) is 3. The molecule has 8 nitrogen and oxygen atoms in total. The number of amides is 2. The van der Waals surface area contributed by atoms with Crippen LogP contribution in [0.4, 0.5) is 4.39 Å². The van der Waals surface area contributed by atoms with Crippen LogP contribution in [0.15, 0.2) is 42.6 Å². The van der Waals surface area contributed by atoms with Crippen LogP contribution in [0.5, 0.6) is 0 Å². The summed E-state index contributed by atoms with van der Waals surface area (Å²) in [7, 11) is 0. The monoisotopic (exact) mass is 371 g/mol. The van der Waals surface area contributed by atoms with Crippen LogP contribution in [0.25, 0.3) is 11.0 Å². The van der Waals surface area contributed by atoms with Crippen LogP contribution in [0.1, 0.15) is 23.0 Å². The van der Waals surface area contributed by atoms with E-state index in [0.717, 1.165) is 0 Å². The molecule has 3 aromatic rings. The van der Waals surface area contributed by atoms with Gasteiger partial charge in [0.1, 0.15) is 11.9 Å². The highest BCUT2D eigenvalue weighted by molar-refractivity contribution is 6.05. The molecule has 0 fully saturated rings. The molecule has 0 aliphatic rings. The summed E-state index contributed by atoms with van der Waals surface area (Å²) in [4.78, 5) is 28.2. The van der Waals surface area contributed by atoms with Gasteiger partial charge in [-0.3, -0.25) is 9.59 Å². The second-order valence-electron chi connectivity index (χ2n) is 6.07. The molecule has 3 rings (SSSR count). The number of nitrogens with one attached hydrogen (secondary N) is 1. The maximum Gasteiger partial charge on any atom is 0.273 e. The Morgan fingerprint density at radius 1 is 1.30 bits per heavy atom. The number of aromatic nitrogens is 3. The maximum absolute atomic E-state index is 14.0. The summed E-state index contributed by atoms with van der Waals surface area (Å²) in [6.45, 7) is 1.41. The molecule has 2 atom stereocenters. The van der Waals surface area contributed by atoms with Crippen molar-refractivity contribution in [2.24, 2.45) is 5.73 Å². The Kier molecular flexibility index (Phi) is 5.13. The molecule has 1 aromatic carbocycles. The Morgan fingerprint density at radius 3 is 2.70 bits per heavy atom. The van der Waals surface area contributed by atoms with E-state index in [9.17, 15) is 19.1 Å². The lowest BCUT2D eigenvalue weighted by atomic mass is 10.1. The van der Waals surface area contributed by atoms with Crippen LogP contribution < -0.4 is 11.1 Å². The van der Waals surface area contributed by atoms with E-state index in [0.29, 0.717) is 16.6 Å². The number of pyridine rings is 1. The molecular weight excluding hydrogens is 353 g/mol. The van der Waals surface area contributed by atoms with Crippen molar-refractivity contribution in [3.8, 4) is 0 Å². The van der Waals surface area contributed by atoms with E-state index in [1.807, 2.05) is 0 Å². The zero-order valence-electron chi connectivity index (χ0n) is 14.5. The minimum Gasteiger partial charge on any atom is -0.391 e. The van der Waals surface area contributed by atoms with Gasteiger partial charge in [-0.1, -0.05) is 18.2 Å². The lowest BCUT2D eigenvalue weighted by Gasteiger charge is -2.17. The summed E-state index contributed by atoms with van der Waals surface area (Å²) in [5, 5.41) is 16.7. The van der Waals surface area contributed by atoms with Gasteiger partial charge in [0.15, 0.2) is 11.3 Å². The second-order valence-corrected chi connectivity index (χ2v) is 6.07. The van der Waals surface area contributed by atoms with Crippen LogP contribution in [0.3, 0.4) is 0 Å². The van der Waals surface area contributed by atoms with Crippen molar-refractivity contribution < 1.29 is 19.1 Å². The van der Waals surface area contributed by atoms with E-state index in [4.69, 9.17) is 5.73 Å². The van der Waals surface area contributed by atoms with Crippen LogP contribution in [0, 0.1) is 5.82 Å². The van der Waals surface area contributed by atoms with E-state index in [1.54, 1.807) is 30.3 Å². The Balaban J connectivity index is 1.98. The van der Waals surface area contributed by atoms with Gasteiger partial charge in [0.25, 0.3) is 5.91 Å². The molecule has 0 saturated heterocycles. The van der Waals surface area contributed by atoms with Crippen molar-refractivity contribution in [1.82, 2.24) is 20.1 Å². The standard InChI is InChI=1S/C18H18FN5O3/c1-10(25)14(16(20)26)22-18(27)15-12-6-4-8-21-17(12)24(23-15)9-11-5-2-3-7-13(11)19/h2-8,10,14,25H,9H2,1H3,(H2,20,26)(H,22,27)/t10-,14+/m1/s1. The number of carbonyl (C=O) groups excluding carboxylic acids is 2. The molecule has 0 saturated carbocycles. The van der Waals surface area contributed by atoms with Crippen molar-refractivity contribution in [2.45, 2.75) is 25.6 Å². The first-order chi connectivity index (χ1) is 12.9. The number of aliphatic hydroxyl groups excluding tert-OH is 1. The van der Waals surface area contributed by atoms with Crippen molar-refractivity contribution in [2.75, 3.05) is 0 Å². The van der Waals surface area contributed by atoms with E-state index in [-0.39, 0.29) is 12.2 Å². The van der Waals surface area contributed by atoms with Gasteiger partial charge in [-0.05, 0) is 25.1 Å². The van der Waals surface area contributed by atoms with Crippen LogP contribution >= 0.6 is 0 Å². The minimum atomic E-state index is -1.26. The Hall–Kier alpha value is -3.33. The third-order valence-corrected chi connectivity index (χ3v) is 4.08. The van der Waals surface area contributed by atoms with Gasteiger partial charge >= 0.3 is 0 Å². The van der Waals surface area contributed by atoms with Gasteiger partial charge in [-0.25, -0.2) is 14.1 Å². The fraction of sp³-hybridized carbons (Fsp3) is 0.222. The summed E-state index contributed by atoms with van der Waals surface area (Å²) in [6.07, 6.45) is 0.363. The average molecular weight is 371 g/mol. The molecule has 0 radical (unpaired) electrons. The first-order valence-electron chi connectivity index (χ1n) is 8.21. The third kappa shape index (κ3) is 3.77. The van der Waals surface area contributed by atoms with Crippen LogP contribution in [-0.4, -0.2) is 43.8 Å². The normalized spacial score (nSPS) is 13.3. The van der Waals surface area contributed by atoms with Crippen molar-refractivity contribution in [3.63, 3.8) is 0 Å². The molecule has 4 N–H and O–H groups in total. The number of rotatable bonds is 6. The molecule has 140 valence electrons. The fourth-order valence-electron chi connectivity index (χ4n) is 2.71. The lowest BCUT2D eigenvalue weighted by molar-refractivity contribution is -0.122. The number of fused-ring (bicyclic) bond motifs is 1. The number of primary amides is 1. The second kappa shape index (κ2) is 7.50. The number of hydrogen-bond acceptors (Lipinski definition) is 5. The Morgan fingerprint density at radius 2 is 2.04 bits per heavy atom. The zero-order valence-corrected chi connectivity index (χ0v) is 14.5. The highest BCUT2D eigenvalue weighted by atomic mass is 19.1. The third-order valence-electron chi connectivity index (χ3n) is 4.08.